The summed E-state index contributed by atoms with van der Waals surface area (Å²) >= 11 is 5.74. The molecule has 3 aromatic rings. The Morgan fingerprint density at radius 3 is 2.47 bits per heavy atom. The second kappa shape index (κ2) is 8.42. The molecule has 0 atom stereocenters. The molecule has 4 rings (SSSR count). The van der Waals surface area contributed by atoms with E-state index in [0.29, 0.717) is 11.3 Å². The van der Waals surface area contributed by atoms with Gasteiger partial charge in [-0.2, -0.15) is 9.40 Å². The molecule has 0 bridgehead atoms. The first-order chi connectivity index (χ1) is 15.1. The number of nitrogens with zero attached hydrogens (tertiary/aromatic N) is 5. The summed E-state index contributed by atoms with van der Waals surface area (Å²) < 4.78 is 42.2. The molecule has 0 aliphatic carbocycles. The van der Waals surface area contributed by atoms with E-state index in [2.05, 4.69) is 10.1 Å². The molecule has 1 amide bonds. The predicted molar refractivity (Wildman–Crippen MR) is 119 cm³/mol. The third-order valence-corrected chi connectivity index (χ3v) is 7.72. The highest BCUT2D eigenvalue weighted by Gasteiger charge is 2.31. The zero-order valence-electron chi connectivity index (χ0n) is 17.9. The van der Waals surface area contributed by atoms with Gasteiger partial charge in [-0.15, -0.1) is 0 Å². The third-order valence-electron chi connectivity index (χ3n) is 5.53. The van der Waals surface area contributed by atoms with Crippen LogP contribution >= 0.6 is 11.6 Å². The van der Waals surface area contributed by atoms with Crippen molar-refractivity contribution in [2.45, 2.75) is 31.7 Å². The van der Waals surface area contributed by atoms with Gasteiger partial charge in [-0.05, 0) is 45.0 Å². The minimum Gasteiger partial charge on any atom is -0.336 e. The van der Waals surface area contributed by atoms with E-state index >= 15 is 0 Å². The Morgan fingerprint density at radius 2 is 1.84 bits per heavy atom. The fraction of sp³-hybridized carbons (Fsp3) is 0.381. The van der Waals surface area contributed by atoms with Gasteiger partial charge in [-0.25, -0.2) is 22.5 Å². The van der Waals surface area contributed by atoms with Crippen molar-refractivity contribution < 1.29 is 17.6 Å². The largest absolute Gasteiger partial charge is 0.336 e. The topological polar surface area (TPSA) is 88.4 Å². The van der Waals surface area contributed by atoms with Crippen LogP contribution in [0.5, 0.6) is 0 Å². The van der Waals surface area contributed by atoms with Crippen LogP contribution < -0.4 is 0 Å². The lowest BCUT2D eigenvalue weighted by Gasteiger charge is -2.34. The van der Waals surface area contributed by atoms with Gasteiger partial charge in [0.25, 0.3) is 5.91 Å². The van der Waals surface area contributed by atoms with Crippen LogP contribution in [-0.2, 0) is 10.0 Å². The summed E-state index contributed by atoms with van der Waals surface area (Å²) in [5, 5.41) is 4.88. The minimum atomic E-state index is -3.84. The van der Waals surface area contributed by atoms with Gasteiger partial charge in [0.2, 0.25) is 10.0 Å². The van der Waals surface area contributed by atoms with Crippen molar-refractivity contribution in [1.82, 2.24) is 24.0 Å². The molecule has 0 saturated carbocycles. The van der Waals surface area contributed by atoms with Crippen molar-refractivity contribution in [3.05, 3.63) is 52.6 Å². The SMILES string of the molecule is Cc1nc2c(cnn2C(C)C)cc1C(=O)N1CCN(S(=O)(=O)c2ccc(F)c(Cl)c2)CC1. The molecule has 3 heterocycles. The van der Waals surface area contributed by atoms with Crippen LogP contribution in [0.4, 0.5) is 4.39 Å². The number of pyridine rings is 1. The average molecular weight is 480 g/mol. The molecule has 0 N–H and O–H groups in total. The molecular weight excluding hydrogens is 457 g/mol. The maximum Gasteiger partial charge on any atom is 0.255 e. The number of aryl methyl sites for hydroxylation is 1. The van der Waals surface area contributed by atoms with Gasteiger partial charge >= 0.3 is 0 Å². The van der Waals surface area contributed by atoms with Crippen molar-refractivity contribution >= 4 is 38.6 Å². The van der Waals surface area contributed by atoms with Crippen LogP contribution in [-0.4, -0.2) is 64.5 Å². The fourth-order valence-corrected chi connectivity index (χ4v) is 5.44. The summed E-state index contributed by atoms with van der Waals surface area (Å²) in [4.78, 5) is 19.3. The van der Waals surface area contributed by atoms with E-state index in [9.17, 15) is 17.6 Å². The molecule has 11 heteroatoms. The number of hydrogen-bond donors (Lipinski definition) is 0. The minimum absolute atomic E-state index is 0.0728. The number of carbonyl (C=O) groups is 1. The van der Waals surface area contributed by atoms with E-state index in [-0.39, 0.29) is 48.0 Å². The van der Waals surface area contributed by atoms with Gasteiger partial charge in [0, 0.05) is 37.6 Å². The lowest BCUT2D eigenvalue weighted by molar-refractivity contribution is 0.0697. The highest BCUT2D eigenvalue weighted by Crippen LogP contribution is 2.24. The standard InChI is InChI=1S/C21H23ClFN5O3S/c1-13(2)28-20-15(12-24-28)10-17(14(3)25-20)21(29)26-6-8-27(9-7-26)32(30,31)16-4-5-19(23)18(22)11-16/h4-5,10-13H,6-9H2,1-3H3. The van der Waals surface area contributed by atoms with Gasteiger partial charge in [-0.1, -0.05) is 11.6 Å². The summed E-state index contributed by atoms with van der Waals surface area (Å²) in [5.74, 6) is -0.878. The number of aromatic nitrogens is 3. The number of carbonyl (C=O) groups excluding carboxylic acids is 1. The van der Waals surface area contributed by atoms with Crippen LogP contribution in [0, 0.1) is 12.7 Å². The van der Waals surface area contributed by atoms with Crippen molar-refractivity contribution in [2.24, 2.45) is 0 Å². The Morgan fingerprint density at radius 1 is 1.16 bits per heavy atom. The molecule has 1 aliphatic rings. The van der Waals surface area contributed by atoms with Crippen molar-refractivity contribution in [3.8, 4) is 0 Å². The first kappa shape index (κ1) is 22.6. The molecule has 1 aromatic carbocycles. The van der Waals surface area contributed by atoms with Crippen LogP contribution in [0.3, 0.4) is 0 Å². The van der Waals surface area contributed by atoms with Gasteiger partial charge in [-0.3, -0.25) is 4.79 Å². The molecule has 1 fully saturated rings. The molecule has 2 aromatic heterocycles. The fourth-order valence-electron chi connectivity index (χ4n) is 3.75. The number of piperazine rings is 1. The van der Waals surface area contributed by atoms with Crippen molar-refractivity contribution in [1.29, 1.82) is 0 Å². The van der Waals surface area contributed by atoms with Gasteiger partial charge < -0.3 is 4.90 Å². The second-order valence-corrected chi connectivity index (χ2v) is 10.3. The number of amides is 1. The molecule has 1 saturated heterocycles. The maximum atomic E-state index is 13.4. The van der Waals surface area contributed by atoms with Crippen LogP contribution in [0.25, 0.3) is 11.0 Å². The quantitative estimate of drug-likeness (QED) is 0.573. The number of benzene rings is 1. The van der Waals surface area contributed by atoms with E-state index in [1.54, 1.807) is 24.1 Å². The van der Waals surface area contributed by atoms with Crippen LogP contribution in [0.2, 0.25) is 5.02 Å². The number of hydrogen-bond acceptors (Lipinski definition) is 5. The summed E-state index contributed by atoms with van der Waals surface area (Å²) in [6.07, 6.45) is 1.69. The molecular formula is C21H23ClFN5O3S. The zero-order valence-corrected chi connectivity index (χ0v) is 19.5. The Bertz CT molecular complexity index is 1300. The molecule has 32 heavy (non-hydrogen) atoms. The summed E-state index contributed by atoms with van der Waals surface area (Å²) in [6.45, 7) is 6.52. The highest BCUT2D eigenvalue weighted by atomic mass is 35.5. The first-order valence-electron chi connectivity index (χ1n) is 10.2. The smallest absolute Gasteiger partial charge is 0.255 e. The Labute approximate surface area is 190 Å². The normalized spacial score (nSPS) is 15.6. The Balaban J connectivity index is 1.51. The van der Waals surface area contributed by atoms with Crippen molar-refractivity contribution in [3.63, 3.8) is 0 Å². The monoisotopic (exact) mass is 479 g/mol. The van der Waals surface area contributed by atoms with E-state index in [1.807, 2.05) is 18.5 Å². The molecule has 0 radical (unpaired) electrons. The molecule has 170 valence electrons. The van der Waals surface area contributed by atoms with Gasteiger partial charge in [0.15, 0.2) is 5.65 Å². The van der Waals surface area contributed by atoms with E-state index in [0.717, 1.165) is 23.2 Å². The van der Waals surface area contributed by atoms with Crippen LogP contribution in [0.1, 0.15) is 35.9 Å². The third kappa shape index (κ3) is 3.98. The highest BCUT2D eigenvalue weighted by molar-refractivity contribution is 7.89. The predicted octanol–water partition coefficient (Wildman–Crippen LogP) is 3.26. The van der Waals surface area contributed by atoms with Crippen molar-refractivity contribution in [2.75, 3.05) is 26.2 Å². The first-order valence-corrected chi connectivity index (χ1v) is 12.0. The van der Waals surface area contributed by atoms with Crippen LogP contribution in [0.15, 0.2) is 35.4 Å². The number of halogens is 2. The second-order valence-electron chi connectivity index (χ2n) is 7.99. The van der Waals surface area contributed by atoms with Gasteiger partial charge in [0.1, 0.15) is 5.82 Å². The molecule has 8 nitrogen and oxygen atoms in total. The number of fused-ring (bicyclic) bond motifs is 1. The molecule has 1 aliphatic heterocycles. The number of rotatable bonds is 4. The van der Waals surface area contributed by atoms with E-state index in [4.69, 9.17) is 11.6 Å². The molecule has 0 spiro atoms. The summed E-state index contributed by atoms with van der Waals surface area (Å²) in [6, 6.07) is 5.26. The number of sulfonamides is 1. The Hall–Kier alpha value is -2.56. The lowest BCUT2D eigenvalue weighted by atomic mass is 10.1. The molecule has 0 unspecified atom stereocenters. The summed E-state index contributed by atoms with van der Waals surface area (Å²) in [5.41, 5.74) is 1.80. The zero-order chi connectivity index (χ0) is 23.2. The Kier molecular flexibility index (Phi) is 5.95. The summed E-state index contributed by atoms with van der Waals surface area (Å²) in [7, 11) is -3.84. The van der Waals surface area contributed by atoms with E-state index < -0.39 is 15.8 Å². The van der Waals surface area contributed by atoms with E-state index in [1.165, 1.54) is 10.4 Å². The lowest BCUT2D eigenvalue weighted by Crippen LogP contribution is -2.50. The maximum absolute atomic E-state index is 13.4. The van der Waals surface area contributed by atoms with Gasteiger partial charge in [0.05, 0.1) is 27.4 Å². The average Bonchev–Trinajstić information content (AvgIpc) is 3.17.